The average Bonchev–Trinajstić information content (AvgIpc) is 2.64. The largest absolute Gasteiger partial charge is 0.328 e. The highest BCUT2D eigenvalue weighted by molar-refractivity contribution is 5.75. The second-order valence-corrected chi connectivity index (χ2v) is 4.90. The molecule has 4 heteroatoms. The third-order valence-electron chi connectivity index (χ3n) is 3.68. The maximum Gasteiger partial charge on any atom is 0.326 e. The number of imidazole rings is 1. The van der Waals surface area contributed by atoms with E-state index in [9.17, 15) is 4.79 Å². The van der Waals surface area contributed by atoms with Crippen molar-refractivity contribution in [1.82, 2.24) is 9.55 Å². The number of H-pyrrole nitrogens is 1. The molecule has 1 saturated carbocycles. The lowest BCUT2D eigenvalue weighted by atomic mass is 9.91. The van der Waals surface area contributed by atoms with Crippen LogP contribution in [-0.2, 0) is 0 Å². The lowest BCUT2D eigenvalue weighted by molar-refractivity contribution is 0.320. The minimum Gasteiger partial charge on any atom is -0.328 e. The first-order valence-electron chi connectivity index (χ1n) is 6.20. The summed E-state index contributed by atoms with van der Waals surface area (Å²) in [4.78, 5) is 14.9. The summed E-state index contributed by atoms with van der Waals surface area (Å²) in [6.07, 6.45) is 4.14. The van der Waals surface area contributed by atoms with Crippen LogP contribution in [0.1, 0.15) is 31.7 Å². The predicted octanol–water partition coefficient (Wildman–Crippen LogP) is 1.77. The smallest absolute Gasteiger partial charge is 0.326 e. The zero-order valence-electron chi connectivity index (χ0n) is 9.73. The Hall–Kier alpha value is -1.55. The summed E-state index contributed by atoms with van der Waals surface area (Å²) in [5.74, 6) is 0. The average molecular weight is 231 g/mol. The van der Waals surface area contributed by atoms with Crippen molar-refractivity contribution in [2.75, 3.05) is 0 Å². The van der Waals surface area contributed by atoms with Crippen molar-refractivity contribution in [3.05, 3.63) is 34.7 Å². The standard InChI is InChI=1S/C13H17N3O/c14-9-4-3-5-10(8-9)16-12-7-2-1-6-11(12)15-13(16)17/h1-2,6-7,9-10H,3-5,8,14H2,(H,15,17). The Morgan fingerprint density at radius 1 is 1.29 bits per heavy atom. The van der Waals surface area contributed by atoms with Gasteiger partial charge in [0, 0.05) is 12.1 Å². The molecule has 0 amide bonds. The van der Waals surface area contributed by atoms with E-state index in [1.165, 1.54) is 0 Å². The Bertz CT molecular complexity index is 584. The van der Waals surface area contributed by atoms with E-state index in [0.29, 0.717) is 0 Å². The van der Waals surface area contributed by atoms with E-state index in [2.05, 4.69) is 4.98 Å². The molecule has 1 aliphatic carbocycles. The molecule has 4 nitrogen and oxygen atoms in total. The number of aromatic nitrogens is 2. The van der Waals surface area contributed by atoms with Crippen molar-refractivity contribution >= 4 is 11.0 Å². The molecule has 1 fully saturated rings. The van der Waals surface area contributed by atoms with Gasteiger partial charge < -0.3 is 10.7 Å². The third-order valence-corrected chi connectivity index (χ3v) is 3.68. The summed E-state index contributed by atoms with van der Waals surface area (Å²) in [5.41, 5.74) is 7.90. The minimum atomic E-state index is -0.00898. The van der Waals surface area contributed by atoms with Gasteiger partial charge in [0.1, 0.15) is 0 Å². The van der Waals surface area contributed by atoms with Crippen molar-refractivity contribution < 1.29 is 0 Å². The monoisotopic (exact) mass is 231 g/mol. The Morgan fingerprint density at radius 3 is 2.94 bits per heavy atom. The molecule has 1 aliphatic rings. The van der Waals surface area contributed by atoms with Crippen molar-refractivity contribution in [1.29, 1.82) is 0 Å². The van der Waals surface area contributed by atoms with Gasteiger partial charge in [0.15, 0.2) is 0 Å². The van der Waals surface area contributed by atoms with Crippen LogP contribution in [0.2, 0.25) is 0 Å². The molecular formula is C13H17N3O. The highest BCUT2D eigenvalue weighted by Gasteiger charge is 2.23. The first kappa shape index (κ1) is 10.6. The van der Waals surface area contributed by atoms with Gasteiger partial charge in [-0.3, -0.25) is 4.57 Å². The van der Waals surface area contributed by atoms with Gasteiger partial charge in [0.25, 0.3) is 0 Å². The Kier molecular flexibility index (Phi) is 2.52. The molecule has 1 aromatic carbocycles. The Morgan fingerprint density at radius 2 is 2.12 bits per heavy atom. The van der Waals surface area contributed by atoms with Gasteiger partial charge >= 0.3 is 5.69 Å². The molecule has 2 atom stereocenters. The number of rotatable bonds is 1. The van der Waals surface area contributed by atoms with Crippen LogP contribution in [0.25, 0.3) is 11.0 Å². The number of aromatic amines is 1. The molecule has 0 spiro atoms. The second kappa shape index (κ2) is 4.04. The maximum atomic E-state index is 12.0. The first-order valence-corrected chi connectivity index (χ1v) is 6.20. The minimum absolute atomic E-state index is 0.00898. The van der Waals surface area contributed by atoms with Gasteiger partial charge in [-0.15, -0.1) is 0 Å². The van der Waals surface area contributed by atoms with Gasteiger partial charge in [-0.05, 0) is 37.8 Å². The molecule has 0 bridgehead atoms. The zero-order chi connectivity index (χ0) is 11.8. The number of fused-ring (bicyclic) bond motifs is 1. The highest BCUT2D eigenvalue weighted by atomic mass is 16.1. The van der Waals surface area contributed by atoms with Gasteiger partial charge in [-0.2, -0.15) is 0 Å². The maximum absolute atomic E-state index is 12.0. The fourth-order valence-electron chi connectivity index (χ4n) is 2.87. The van der Waals surface area contributed by atoms with Gasteiger partial charge in [-0.1, -0.05) is 12.1 Å². The molecule has 2 unspecified atom stereocenters. The van der Waals surface area contributed by atoms with Crippen LogP contribution in [0.15, 0.2) is 29.1 Å². The van der Waals surface area contributed by atoms with Crippen LogP contribution in [0.5, 0.6) is 0 Å². The molecule has 2 aromatic rings. The lowest BCUT2D eigenvalue weighted by Gasteiger charge is -2.27. The molecule has 1 heterocycles. The Balaban J connectivity index is 2.10. The quantitative estimate of drug-likeness (QED) is 0.785. The molecule has 90 valence electrons. The topological polar surface area (TPSA) is 63.8 Å². The molecule has 0 radical (unpaired) electrons. The van der Waals surface area contributed by atoms with Gasteiger partial charge in [0.2, 0.25) is 0 Å². The molecule has 1 aromatic heterocycles. The van der Waals surface area contributed by atoms with E-state index in [1.54, 1.807) is 0 Å². The normalized spacial score (nSPS) is 25.2. The van der Waals surface area contributed by atoms with E-state index in [0.717, 1.165) is 36.7 Å². The van der Waals surface area contributed by atoms with Crippen LogP contribution in [-0.4, -0.2) is 15.6 Å². The second-order valence-electron chi connectivity index (χ2n) is 4.90. The molecular weight excluding hydrogens is 214 g/mol. The summed E-state index contributed by atoms with van der Waals surface area (Å²) in [5, 5.41) is 0. The Labute approximate surface area is 99.4 Å². The van der Waals surface area contributed by atoms with E-state index < -0.39 is 0 Å². The zero-order valence-corrected chi connectivity index (χ0v) is 9.73. The number of benzene rings is 1. The fraction of sp³-hybridized carbons (Fsp3) is 0.462. The summed E-state index contributed by atoms with van der Waals surface area (Å²) in [7, 11) is 0. The van der Waals surface area contributed by atoms with Crippen LogP contribution < -0.4 is 11.4 Å². The van der Waals surface area contributed by atoms with Crippen molar-refractivity contribution in [2.24, 2.45) is 5.73 Å². The summed E-state index contributed by atoms with van der Waals surface area (Å²) in [6, 6.07) is 8.32. The number of hydrogen-bond donors (Lipinski definition) is 2. The van der Waals surface area contributed by atoms with Crippen molar-refractivity contribution in [3.8, 4) is 0 Å². The van der Waals surface area contributed by atoms with Gasteiger partial charge in [0.05, 0.1) is 11.0 Å². The lowest BCUT2D eigenvalue weighted by Crippen LogP contribution is -2.32. The number of nitrogens with zero attached hydrogens (tertiary/aromatic N) is 1. The van der Waals surface area contributed by atoms with Gasteiger partial charge in [-0.25, -0.2) is 4.79 Å². The van der Waals surface area contributed by atoms with Crippen LogP contribution in [0.4, 0.5) is 0 Å². The summed E-state index contributed by atoms with van der Waals surface area (Å²) < 4.78 is 1.88. The highest BCUT2D eigenvalue weighted by Crippen LogP contribution is 2.28. The van der Waals surface area contributed by atoms with E-state index >= 15 is 0 Å². The predicted molar refractivity (Wildman–Crippen MR) is 68.0 cm³/mol. The molecule has 3 N–H and O–H groups in total. The summed E-state index contributed by atoms with van der Waals surface area (Å²) in [6.45, 7) is 0. The van der Waals surface area contributed by atoms with Crippen LogP contribution in [0.3, 0.4) is 0 Å². The molecule has 17 heavy (non-hydrogen) atoms. The van der Waals surface area contributed by atoms with E-state index in [4.69, 9.17) is 5.73 Å². The van der Waals surface area contributed by atoms with E-state index in [1.807, 2.05) is 28.8 Å². The number of nitrogens with two attached hydrogens (primary N) is 1. The van der Waals surface area contributed by atoms with Crippen LogP contribution >= 0.6 is 0 Å². The van der Waals surface area contributed by atoms with Crippen molar-refractivity contribution in [3.63, 3.8) is 0 Å². The van der Waals surface area contributed by atoms with Crippen LogP contribution in [0, 0.1) is 0 Å². The SMILES string of the molecule is NC1CCCC(n2c(=O)[nH]c3ccccc32)C1. The molecule has 0 aliphatic heterocycles. The number of para-hydroxylation sites is 2. The molecule has 3 rings (SSSR count). The number of hydrogen-bond acceptors (Lipinski definition) is 2. The number of nitrogens with one attached hydrogen (secondary N) is 1. The fourth-order valence-corrected chi connectivity index (χ4v) is 2.87. The summed E-state index contributed by atoms with van der Waals surface area (Å²) >= 11 is 0. The molecule has 0 saturated heterocycles. The first-order chi connectivity index (χ1) is 8.25. The van der Waals surface area contributed by atoms with Crippen molar-refractivity contribution in [2.45, 2.75) is 37.8 Å². The third kappa shape index (κ3) is 1.78. The van der Waals surface area contributed by atoms with E-state index in [-0.39, 0.29) is 17.8 Å².